The number of aromatic nitrogens is 3. The van der Waals surface area contributed by atoms with E-state index in [2.05, 4.69) is 10.2 Å². The minimum atomic E-state index is 0.0579. The maximum atomic E-state index is 6.11. The van der Waals surface area contributed by atoms with Crippen molar-refractivity contribution in [3.05, 3.63) is 12.2 Å². The van der Waals surface area contributed by atoms with Gasteiger partial charge in [-0.2, -0.15) is 11.8 Å². The molecule has 4 nitrogen and oxygen atoms in total. The Morgan fingerprint density at radius 1 is 1.77 bits per heavy atom. The zero-order valence-corrected chi connectivity index (χ0v) is 8.50. The highest BCUT2D eigenvalue weighted by atomic mass is 32.2. The molecule has 1 aliphatic heterocycles. The summed E-state index contributed by atoms with van der Waals surface area (Å²) in [5.74, 6) is 3.88. The van der Waals surface area contributed by atoms with E-state index in [1.54, 1.807) is 6.33 Å². The number of nitrogens with zero attached hydrogens (tertiary/aromatic N) is 3. The number of nitrogens with two attached hydrogens (primary N) is 1. The van der Waals surface area contributed by atoms with E-state index in [4.69, 9.17) is 5.73 Å². The summed E-state index contributed by atoms with van der Waals surface area (Å²) in [7, 11) is 1.94. The van der Waals surface area contributed by atoms with E-state index in [0.29, 0.717) is 5.92 Å². The first-order valence-electron chi connectivity index (χ1n) is 4.46. The van der Waals surface area contributed by atoms with Crippen molar-refractivity contribution in [3.8, 4) is 0 Å². The fourth-order valence-electron chi connectivity index (χ4n) is 1.64. The highest BCUT2D eigenvalue weighted by Crippen LogP contribution is 2.31. The topological polar surface area (TPSA) is 56.7 Å². The molecule has 1 aromatic rings. The van der Waals surface area contributed by atoms with Gasteiger partial charge in [-0.25, -0.2) is 0 Å². The smallest absolute Gasteiger partial charge is 0.149 e. The molecule has 0 bridgehead atoms. The van der Waals surface area contributed by atoms with Crippen LogP contribution in [-0.2, 0) is 7.05 Å². The SMILES string of the molecule is Cn1cnnc1C(N)C1CCSC1. The standard InChI is InChI=1S/C8H14N4S/c1-12-5-10-11-8(12)7(9)6-2-3-13-4-6/h5-7H,2-4,9H2,1H3. The molecular weight excluding hydrogens is 184 g/mol. The second kappa shape index (κ2) is 3.67. The molecule has 2 N–H and O–H groups in total. The Hall–Kier alpha value is -0.550. The van der Waals surface area contributed by atoms with Crippen LogP contribution in [0.2, 0.25) is 0 Å². The molecule has 0 aliphatic carbocycles. The number of thioether (sulfide) groups is 1. The molecule has 1 aliphatic rings. The minimum Gasteiger partial charge on any atom is -0.321 e. The van der Waals surface area contributed by atoms with Gasteiger partial charge in [-0.1, -0.05) is 0 Å². The normalized spacial score (nSPS) is 24.9. The Labute approximate surface area is 81.9 Å². The van der Waals surface area contributed by atoms with Gasteiger partial charge in [0.25, 0.3) is 0 Å². The quantitative estimate of drug-likeness (QED) is 0.754. The predicted octanol–water partition coefficient (Wildman–Crippen LogP) is 0.568. The van der Waals surface area contributed by atoms with Crippen LogP contribution in [0.5, 0.6) is 0 Å². The van der Waals surface area contributed by atoms with Gasteiger partial charge in [0.05, 0.1) is 6.04 Å². The minimum absolute atomic E-state index is 0.0579. The van der Waals surface area contributed by atoms with Crippen molar-refractivity contribution in [1.82, 2.24) is 14.8 Å². The maximum Gasteiger partial charge on any atom is 0.149 e. The van der Waals surface area contributed by atoms with E-state index >= 15 is 0 Å². The van der Waals surface area contributed by atoms with Crippen molar-refractivity contribution < 1.29 is 0 Å². The number of aryl methyl sites for hydroxylation is 1. The van der Waals surface area contributed by atoms with Gasteiger partial charge >= 0.3 is 0 Å². The third-order valence-corrected chi connectivity index (χ3v) is 3.71. The van der Waals surface area contributed by atoms with Crippen LogP contribution in [-0.4, -0.2) is 26.3 Å². The lowest BCUT2D eigenvalue weighted by atomic mass is 9.99. The highest BCUT2D eigenvalue weighted by Gasteiger charge is 2.26. The van der Waals surface area contributed by atoms with Crippen LogP contribution in [0.25, 0.3) is 0 Å². The monoisotopic (exact) mass is 198 g/mol. The molecule has 0 amide bonds. The molecule has 13 heavy (non-hydrogen) atoms. The van der Waals surface area contributed by atoms with Crippen molar-refractivity contribution >= 4 is 11.8 Å². The molecule has 0 aromatic carbocycles. The summed E-state index contributed by atoms with van der Waals surface area (Å²) in [6, 6.07) is 0.0579. The third-order valence-electron chi connectivity index (χ3n) is 2.52. The van der Waals surface area contributed by atoms with E-state index in [1.807, 2.05) is 23.4 Å². The summed E-state index contributed by atoms with van der Waals surface area (Å²) in [5.41, 5.74) is 6.11. The average Bonchev–Trinajstić information content (AvgIpc) is 2.72. The Balaban J connectivity index is 2.12. The van der Waals surface area contributed by atoms with Crippen LogP contribution in [0.15, 0.2) is 6.33 Å². The maximum absolute atomic E-state index is 6.11. The van der Waals surface area contributed by atoms with Crippen LogP contribution in [0, 0.1) is 5.92 Å². The zero-order chi connectivity index (χ0) is 9.26. The molecule has 2 unspecified atom stereocenters. The molecule has 2 rings (SSSR count). The molecular formula is C8H14N4S. The van der Waals surface area contributed by atoms with Gasteiger partial charge in [-0.05, 0) is 23.8 Å². The first-order chi connectivity index (χ1) is 6.29. The number of rotatable bonds is 2. The van der Waals surface area contributed by atoms with Crippen LogP contribution >= 0.6 is 11.8 Å². The summed E-state index contributed by atoms with van der Waals surface area (Å²) in [4.78, 5) is 0. The number of hydrogen-bond donors (Lipinski definition) is 1. The Morgan fingerprint density at radius 2 is 2.62 bits per heavy atom. The fraction of sp³-hybridized carbons (Fsp3) is 0.750. The van der Waals surface area contributed by atoms with E-state index in [-0.39, 0.29) is 6.04 Å². The second-order valence-corrected chi connectivity index (χ2v) is 4.60. The first kappa shape index (κ1) is 9.02. The lowest BCUT2D eigenvalue weighted by Gasteiger charge is -2.16. The van der Waals surface area contributed by atoms with Gasteiger partial charge < -0.3 is 10.3 Å². The Bertz CT molecular complexity index is 279. The van der Waals surface area contributed by atoms with Crippen LogP contribution < -0.4 is 5.73 Å². The van der Waals surface area contributed by atoms with Gasteiger partial charge in [0, 0.05) is 7.05 Å². The fourth-order valence-corrected chi connectivity index (χ4v) is 2.95. The third kappa shape index (κ3) is 1.71. The van der Waals surface area contributed by atoms with Crippen LogP contribution in [0.1, 0.15) is 18.3 Å². The first-order valence-corrected chi connectivity index (χ1v) is 5.61. The second-order valence-electron chi connectivity index (χ2n) is 3.45. The highest BCUT2D eigenvalue weighted by molar-refractivity contribution is 7.99. The van der Waals surface area contributed by atoms with Crippen molar-refractivity contribution in [2.75, 3.05) is 11.5 Å². The van der Waals surface area contributed by atoms with Crippen molar-refractivity contribution in [1.29, 1.82) is 0 Å². The van der Waals surface area contributed by atoms with Gasteiger partial charge in [-0.3, -0.25) is 0 Å². The van der Waals surface area contributed by atoms with Crippen LogP contribution in [0.4, 0.5) is 0 Å². The van der Waals surface area contributed by atoms with Gasteiger partial charge in [0.15, 0.2) is 0 Å². The largest absolute Gasteiger partial charge is 0.321 e. The molecule has 0 saturated carbocycles. The Morgan fingerprint density at radius 3 is 3.15 bits per heavy atom. The summed E-state index contributed by atoms with van der Waals surface area (Å²) < 4.78 is 1.91. The summed E-state index contributed by atoms with van der Waals surface area (Å²) in [5, 5.41) is 7.88. The van der Waals surface area contributed by atoms with Crippen LogP contribution in [0.3, 0.4) is 0 Å². The molecule has 1 aromatic heterocycles. The van der Waals surface area contributed by atoms with E-state index < -0.39 is 0 Å². The molecule has 1 saturated heterocycles. The molecule has 2 heterocycles. The van der Waals surface area contributed by atoms with E-state index in [1.165, 1.54) is 12.2 Å². The van der Waals surface area contributed by atoms with E-state index in [9.17, 15) is 0 Å². The molecule has 0 radical (unpaired) electrons. The van der Waals surface area contributed by atoms with Crippen molar-refractivity contribution in [2.24, 2.45) is 18.7 Å². The predicted molar refractivity (Wildman–Crippen MR) is 53.4 cm³/mol. The molecule has 0 spiro atoms. The summed E-state index contributed by atoms with van der Waals surface area (Å²) in [6.07, 6.45) is 2.91. The lowest BCUT2D eigenvalue weighted by Crippen LogP contribution is -2.24. The van der Waals surface area contributed by atoms with Gasteiger partial charge in [0.1, 0.15) is 12.2 Å². The molecule has 5 heteroatoms. The van der Waals surface area contributed by atoms with Gasteiger partial charge in [0.2, 0.25) is 0 Å². The zero-order valence-electron chi connectivity index (χ0n) is 7.68. The van der Waals surface area contributed by atoms with E-state index in [0.717, 1.165) is 11.6 Å². The summed E-state index contributed by atoms with van der Waals surface area (Å²) in [6.45, 7) is 0. The molecule has 1 fully saturated rings. The average molecular weight is 198 g/mol. The number of hydrogen-bond acceptors (Lipinski definition) is 4. The van der Waals surface area contributed by atoms with Crippen molar-refractivity contribution in [2.45, 2.75) is 12.5 Å². The lowest BCUT2D eigenvalue weighted by molar-refractivity contribution is 0.450. The molecule has 2 atom stereocenters. The Kier molecular flexibility index (Phi) is 2.55. The van der Waals surface area contributed by atoms with Gasteiger partial charge in [-0.15, -0.1) is 10.2 Å². The van der Waals surface area contributed by atoms with Crippen molar-refractivity contribution in [3.63, 3.8) is 0 Å². The molecule has 72 valence electrons. The summed E-state index contributed by atoms with van der Waals surface area (Å²) >= 11 is 1.98.